The van der Waals surface area contributed by atoms with Gasteiger partial charge in [0.2, 0.25) is 5.91 Å². The Hall–Kier alpha value is -2.83. The van der Waals surface area contributed by atoms with Crippen LogP contribution in [0.15, 0.2) is 42.7 Å². The van der Waals surface area contributed by atoms with Gasteiger partial charge in [0.1, 0.15) is 12.3 Å². The third-order valence-corrected chi connectivity index (χ3v) is 3.80. The van der Waals surface area contributed by atoms with E-state index in [0.717, 1.165) is 0 Å². The van der Waals surface area contributed by atoms with Gasteiger partial charge in [-0.15, -0.1) is 0 Å². The molecule has 2 amide bonds. The maximum atomic E-state index is 12.4. The first-order valence-electron chi connectivity index (χ1n) is 7.88. The van der Waals surface area contributed by atoms with Crippen LogP contribution in [0.25, 0.3) is 0 Å². The minimum atomic E-state index is -0.603. The molecule has 1 aliphatic rings. The Bertz CT molecular complexity index is 729. The number of carbonyl (C=O) groups excluding carboxylic acids is 2. The fourth-order valence-corrected chi connectivity index (χ4v) is 2.72. The average Bonchev–Trinajstić information content (AvgIpc) is 3.04. The lowest BCUT2D eigenvalue weighted by Crippen LogP contribution is -2.50. The lowest BCUT2D eigenvalue weighted by molar-refractivity contribution is -0.128. The predicted molar refractivity (Wildman–Crippen MR) is 88.7 cm³/mol. The number of hydrogen-bond donors (Lipinski definition) is 1. The van der Waals surface area contributed by atoms with Gasteiger partial charge in [-0.05, 0) is 32.0 Å². The van der Waals surface area contributed by atoms with E-state index >= 15 is 0 Å². The molecule has 0 radical (unpaired) electrons. The second-order valence-electron chi connectivity index (χ2n) is 5.85. The monoisotopic (exact) mass is 328 g/mol. The Labute approximate surface area is 140 Å². The highest BCUT2D eigenvalue weighted by atomic mass is 16.5. The number of para-hydroxylation sites is 2. The van der Waals surface area contributed by atoms with Crippen molar-refractivity contribution in [2.75, 3.05) is 11.4 Å². The highest BCUT2D eigenvalue weighted by Gasteiger charge is 2.32. The quantitative estimate of drug-likeness (QED) is 0.895. The Morgan fingerprint density at radius 1 is 1.38 bits per heavy atom. The standard InChI is InChI=1S/C17H20N4O3/c1-12(10-20-9-5-8-18-20)19-16(22)11-21-14-6-3-4-7-15(14)24-13(2)17(21)23/h3-9,12-13H,10-11H2,1-2H3,(H,19,22)/t12-,13+/m0/s1. The molecule has 1 aromatic carbocycles. The van der Waals surface area contributed by atoms with E-state index in [2.05, 4.69) is 10.4 Å². The van der Waals surface area contributed by atoms with Crippen LogP contribution in [-0.4, -0.2) is 40.3 Å². The molecular weight excluding hydrogens is 308 g/mol. The molecule has 0 fully saturated rings. The summed E-state index contributed by atoms with van der Waals surface area (Å²) in [5, 5.41) is 7.01. The number of hydrogen-bond acceptors (Lipinski definition) is 4. The molecule has 0 saturated heterocycles. The molecule has 2 aromatic rings. The highest BCUT2D eigenvalue weighted by Crippen LogP contribution is 2.33. The van der Waals surface area contributed by atoms with Crippen molar-refractivity contribution in [1.82, 2.24) is 15.1 Å². The smallest absolute Gasteiger partial charge is 0.268 e. The Morgan fingerprint density at radius 3 is 2.92 bits per heavy atom. The van der Waals surface area contributed by atoms with Crippen LogP contribution in [0.1, 0.15) is 13.8 Å². The second kappa shape index (κ2) is 6.74. The third kappa shape index (κ3) is 3.40. The maximum Gasteiger partial charge on any atom is 0.268 e. The van der Waals surface area contributed by atoms with E-state index in [9.17, 15) is 9.59 Å². The van der Waals surface area contributed by atoms with E-state index in [1.165, 1.54) is 4.90 Å². The molecule has 126 valence electrons. The van der Waals surface area contributed by atoms with Crippen LogP contribution in [0.2, 0.25) is 0 Å². The normalized spacial score (nSPS) is 17.8. The molecule has 1 aliphatic heterocycles. The fraction of sp³-hybridized carbons (Fsp3) is 0.353. The van der Waals surface area contributed by atoms with Gasteiger partial charge < -0.3 is 10.1 Å². The average molecular weight is 328 g/mol. The predicted octanol–water partition coefficient (Wildman–Crippen LogP) is 1.20. The number of nitrogens with zero attached hydrogens (tertiary/aromatic N) is 3. The van der Waals surface area contributed by atoms with Crippen molar-refractivity contribution in [3.05, 3.63) is 42.7 Å². The summed E-state index contributed by atoms with van der Waals surface area (Å²) in [5.41, 5.74) is 0.621. The molecule has 1 N–H and O–H groups in total. The van der Waals surface area contributed by atoms with E-state index in [0.29, 0.717) is 18.0 Å². The number of nitrogens with one attached hydrogen (secondary N) is 1. The molecule has 0 saturated carbocycles. The van der Waals surface area contributed by atoms with Crippen molar-refractivity contribution < 1.29 is 14.3 Å². The summed E-state index contributed by atoms with van der Waals surface area (Å²) in [6, 6.07) is 8.96. The second-order valence-corrected chi connectivity index (χ2v) is 5.85. The van der Waals surface area contributed by atoms with Gasteiger partial charge >= 0.3 is 0 Å². The van der Waals surface area contributed by atoms with Gasteiger partial charge in [-0.1, -0.05) is 12.1 Å². The first-order chi connectivity index (χ1) is 11.5. The number of aromatic nitrogens is 2. The lowest BCUT2D eigenvalue weighted by atomic mass is 10.2. The molecule has 24 heavy (non-hydrogen) atoms. The summed E-state index contributed by atoms with van der Waals surface area (Å²) < 4.78 is 7.32. The Morgan fingerprint density at radius 2 is 2.17 bits per heavy atom. The molecule has 7 heteroatoms. The van der Waals surface area contributed by atoms with Gasteiger partial charge in [0.05, 0.1) is 12.2 Å². The van der Waals surface area contributed by atoms with Crippen molar-refractivity contribution in [1.29, 1.82) is 0 Å². The van der Waals surface area contributed by atoms with E-state index in [-0.39, 0.29) is 24.4 Å². The van der Waals surface area contributed by atoms with Crippen LogP contribution in [-0.2, 0) is 16.1 Å². The number of amides is 2. The summed E-state index contributed by atoms with van der Waals surface area (Å²) >= 11 is 0. The summed E-state index contributed by atoms with van der Waals surface area (Å²) in [4.78, 5) is 26.2. The van der Waals surface area contributed by atoms with Crippen LogP contribution < -0.4 is 15.0 Å². The Balaban J connectivity index is 1.66. The van der Waals surface area contributed by atoms with Crippen LogP contribution in [0.3, 0.4) is 0 Å². The van der Waals surface area contributed by atoms with Gasteiger partial charge in [0.15, 0.2) is 6.10 Å². The molecule has 7 nitrogen and oxygen atoms in total. The van der Waals surface area contributed by atoms with Crippen LogP contribution in [0, 0.1) is 0 Å². The maximum absolute atomic E-state index is 12.4. The zero-order valence-electron chi connectivity index (χ0n) is 13.7. The van der Waals surface area contributed by atoms with Crippen LogP contribution in [0.4, 0.5) is 5.69 Å². The SMILES string of the molecule is C[C@@H](Cn1cccn1)NC(=O)CN1C(=O)[C@@H](C)Oc2ccccc21. The molecule has 2 atom stereocenters. The molecule has 0 unspecified atom stereocenters. The summed E-state index contributed by atoms with van der Waals surface area (Å²) in [7, 11) is 0. The molecule has 0 spiro atoms. The fourth-order valence-electron chi connectivity index (χ4n) is 2.72. The minimum absolute atomic E-state index is 0.0347. The first-order valence-corrected chi connectivity index (χ1v) is 7.88. The van der Waals surface area contributed by atoms with E-state index in [4.69, 9.17) is 4.74 Å². The molecule has 1 aromatic heterocycles. The van der Waals surface area contributed by atoms with Crippen molar-refractivity contribution >= 4 is 17.5 Å². The number of ether oxygens (including phenoxy) is 1. The summed E-state index contributed by atoms with van der Waals surface area (Å²) in [5.74, 6) is 0.178. The van der Waals surface area contributed by atoms with Gasteiger partial charge in [0.25, 0.3) is 5.91 Å². The molecule has 0 bridgehead atoms. The van der Waals surface area contributed by atoms with E-state index < -0.39 is 6.10 Å². The zero-order valence-corrected chi connectivity index (χ0v) is 13.7. The Kier molecular flexibility index (Phi) is 4.50. The number of anilines is 1. The molecule has 2 heterocycles. The third-order valence-electron chi connectivity index (χ3n) is 3.80. The number of rotatable bonds is 5. The van der Waals surface area contributed by atoms with Gasteiger partial charge in [-0.3, -0.25) is 19.2 Å². The van der Waals surface area contributed by atoms with Gasteiger partial charge in [-0.2, -0.15) is 5.10 Å². The topological polar surface area (TPSA) is 76.5 Å². The molecule has 0 aliphatic carbocycles. The number of carbonyl (C=O) groups is 2. The van der Waals surface area contributed by atoms with Crippen LogP contribution in [0.5, 0.6) is 5.75 Å². The van der Waals surface area contributed by atoms with Gasteiger partial charge in [-0.25, -0.2) is 0 Å². The van der Waals surface area contributed by atoms with E-state index in [1.807, 2.05) is 31.3 Å². The number of benzene rings is 1. The summed E-state index contributed by atoms with van der Waals surface area (Å²) in [6.45, 7) is 4.12. The number of fused-ring (bicyclic) bond motifs is 1. The molecule has 3 rings (SSSR count). The van der Waals surface area contributed by atoms with Crippen molar-refractivity contribution in [2.24, 2.45) is 0 Å². The highest BCUT2D eigenvalue weighted by molar-refractivity contribution is 6.03. The zero-order chi connectivity index (χ0) is 17.1. The summed E-state index contributed by atoms with van der Waals surface area (Å²) in [6.07, 6.45) is 2.93. The van der Waals surface area contributed by atoms with E-state index in [1.54, 1.807) is 29.9 Å². The first kappa shape index (κ1) is 16.0. The minimum Gasteiger partial charge on any atom is -0.479 e. The van der Waals surface area contributed by atoms with Crippen molar-refractivity contribution in [3.63, 3.8) is 0 Å². The van der Waals surface area contributed by atoms with Gasteiger partial charge in [0, 0.05) is 18.4 Å². The largest absolute Gasteiger partial charge is 0.479 e. The van der Waals surface area contributed by atoms with Crippen LogP contribution >= 0.6 is 0 Å². The van der Waals surface area contributed by atoms with Crippen molar-refractivity contribution in [3.8, 4) is 5.75 Å². The molecular formula is C17H20N4O3. The lowest BCUT2D eigenvalue weighted by Gasteiger charge is -2.32. The van der Waals surface area contributed by atoms with Crippen molar-refractivity contribution in [2.45, 2.75) is 32.5 Å².